The Morgan fingerprint density at radius 1 is 1.28 bits per heavy atom. The highest BCUT2D eigenvalue weighted by Gasteiger charge is 2.21. The van der Waals surface area contributed by atoms with Crippen LogP contribution < -0.4 is 10.6 Å². The molecule has 1 aromatic carbocycles. The molecule has 4 rings (SSSR count). The lowest BCUT2D eigenvalue weighted by molar-refractivity contribution is 0.0784. The van der Waals surface area contributed by atoms with Crippen LogP contribution in [0.25, 0.3) is 5.65 Å². The van der Waals surface area contributed by atoms with Crippen LogP contribution in [0.5, 0.6) is 0 Å². The van der Waals surface area contributed by atoms with E-state index < -0.39 is 5.60 Å². The van der Waals surface area contributed by atoms with Gasteiger partial charge in [-0.3, -0.25) is 4.79 Å². The molecule has 1 aliphatic rings. The van der Waals surface area contributed by atoms with Crippen LogP contribution in [-0.2, 0) is 12.0 Å². The first kappa shape index (κ1) is 19.5. The van der Waals surface area contributed by atoms with Crippen LogP contribution in [-0.4, -0.2) is 44.6 Å². The van der Waals surface area contributed by atoms with Gasteiger partial charge in [0.15, 0.2) is 11.4 Å². The van der Waals surface area contributed by atoms with Gasteiger partial charge in [-0.05, 0) is 32.3 Å². The predicted octanol–water partition coefficient (Wildman–Crippen LogP) is 2.31. The minimum absolute atomic E-state index is 0.00930. The van der Waals surface area contributed by atoms with Gasteiger partial charge in [0.1, 0.15) is 5.82 Å². The maximum absolute atomic E-state index is 12.8. The number of carbonyl (C=O) groups is 1. The lowest BCUT2D eigenvalue weighted by Gasteiger charge is -2.32. The molecule has 29 heavy (non-hydrogen) atoms. The number of ketones is 1. The van der Waals surface area contributed by atoms with Crippen molar-refractivity contribution in [2.45, 2.75) is 44.8 Å². The van der Waals surface area contributed by atoms with Gasteiger partial charge in [0.05, 0.1) is 23.9 Å². The number of hydrogen-bond acceptors (Lipinski definition) is 6. The average Bonchev–Trinajstić information content (AvgIpc) is 3.15. The van der Waals surface area contributed by atoms with Gasteiger partial charge >= 0.3 is 0 Å². The van der Waals surface area contributed by atoms with Crippen LogP contribution in [0.2, 0.25) is 0 Å². The number of aromatic nitrogens is 3. The molecule has 1 atom stereocenters. The number of nitrogens with two attached hydrogens (primary N) is 1. The molecule has 1 fully saturated rings. The number of benzene rings is 1. The molecule has 3 aromatic rings. The lowest BCUT2D eigenvalue weighted by Crippen LogP contribution is -2.43. The SMILES string of the molecule is CC(C)(O)c1ccc(C(=O)Cc2cc(N3CCC[C@H](N)C3)n3nccc3n2)cc1. The van der Waals surface area contributed by atoms with Gasteiger partial charge in [0, 0.05) is 36.8 Å². The number of nitrogens with zero attached hydrogens (tertiary/aromatic N) is 4. The maximum atomic E-state index is 12.8. The number of aliphatic hydroxyl groups is 1. The van der Waals surface area contributed by atoms with Gasteiger partial charge in [0.2, 0.25) is 0 Å². The Balaban J connectivity index is 1.60. The topological polar surface area (TPSA) is 96.8 Å². The Morgan fingerprint density at radius 2 is 2.03 bits per heavy atom. The number of rotatable bonds is 5. The molecule has 2 aromatic heterocycles. The van der Waals surface area contributed by atoms with E-state index in [2.05, 4.69) is 15.0 Å². The van der Waals surface area contributed by atoms with Crippen molar-refractivity contribution in [1.29, 1.82) is 0 Å². The molecule has 1 saturated heterocycles. The van der Waals surface area contributed by atoms with Crippen LogP contribution in [0, 0.1) is 0 Å². The van der Waals surface area contributed by atoms with Crippen molar-refractivity contribution in [3.63, 3.8) is 0 Å². The third kappa shape index (κ3) is 4.16. The number of anilines is 1. The summed E-state index contributed by atoms with van der Waals surface area (Å²) < 4.78 is 1.81. The maximum Gasteiger partial charge on any atom is 0.168 e. The molecule has 7 heteroatoms. The Labute approximate surface area is 170 Å². The molecule has 0 unspecified atom stereocenters. The summed E-state index contributed by atoms with van der Waals surface area (Å²) in [6.07, 6.45) is 3.98. The highest BCUT2D eigenvalue weighted by atomic mass is 16.3. The van der Waals surface area contributed by atoms with Crippen molar-refractivity contribution >= 4 is 17.2 Å². The average molecular weight is 393 g/mol. The minimum Gasteiger partial charge on any atom is -0.386 e. The number of fused-ring (bicyclic) bond motifs is 1. The van der Waals surface area contributed by atoms with Crippen molar-refractivity contribution in [1.82, 2.24) is 14.6 Å². The molecule has 1 aliphatic heterocycles. The number of carbonyl (C=O) groups excluding carboxylic acids is 1. The van der Waals surface area contributed by atoms with E-state index in [1.54, 1.807) is 44.3 Å². The van der Waals surface area contributed by atoms with Crippen molar-refractivity contribution in [2.75, 3.05) is 18.0 Å². The second kappa shape index (κ2) is 7.57. The normalized spacial score (nSPS) is 17.7. The quantitative estimate of drug-likeness (QED) is 0.646. The smallest absolute Gasteiger partial charge is 0.168 e. The third-order valence-corrected chi connectivity index (χ3v) is 5.43. The fraction of sp³-hybridized carbons (Fsp3) is 0.409. The van der Waals surface area contributed by atoms with Crippen LogP contribution in [0.4, 0.5) is 5.82 Å². The second-order valence-corrected chi connectivity index (χ2v) is 8.29. The van der Waals surface area contributed by atoms with E-state index in [4.69, 9.17) is 5.73 Å². The van der Waals surface area contributed by atoms with Crippen molar-refractivity contribution in [2.24, 2.45) is 5.73 Å². The molecule has 7 nitrogen and oxygen atoms in total. The zero-order chi connectivity index (χ0) is 20.6. The summed E-state index contributed by atoms with van der Waals surface area (Å²) >= 11 is 0. The first-order valence-electron chi connectivity index (χ1n) is 10.0. The summed E-state index contributed by atoms with van der Waals surface area (Å²) in [6.45, 7) is 5.13. The molecule has 0 saturated carbocycles. The van der Waals surface area contributed by atoms with Gasteiger partial charge < -0.3 is 15.7 Å². The summed E-state index contributed by atoms with van der Waals surface area (Å²) in [5, 5.41) is 14.5. The third-order valence-electron chi connectivity index (χ3n) is 5.43. The molecule has 0 bridgehead atoms. The molecule has 3 N–H and O–H groups in total. The number of Topliss-reactive ketones (excluding diaryl/α,β-unsaturated/α-hetero) is 1. The predicted molar refractivity (Wildman–Crippen MR) is 112 cm³/mol. The van der Waals surface area contributed by atoms with E-state index in [0.29, 0.717) is 11.3 Å². The summed E-state index contributed by atoms with van der Waals surface area (Å²) in [5.41, 5.74) is 8.05. The first-order chi connectivity index (χ1) is 13.8. The van der Waals surface area contributed by atoms with Crippen LogP contribution in [0.15, 0.2) is 42.6 Å². The summed E-state index contributed by atoms with van der Waals surface area (Å²) in [4.78, 5) is 19.7. The molecule has 3 heterocycles. The van der Waals surface area contributed by atoms with Crippen molar-refractivity contribution < 1.29 is 9.90 Å². The molecular formula is C22H27N5O2. The van der Waals surface area contributed by atoms with E-state index in [9.17, 15) is 9.90 Å². The minimum atomic E-state index is -0.930. The monoisotopic (exact) mass is 393 g/mol. The standard InChI is InChI=1S/C22H27N5O2/c1-22(2,29)16-7-5-15(6-8-16)19(28)12-18-13-21(26-11-3-4-17(23)14-26)27-20(25-18)9-10-24-27/h5-10,13,17,29H,3-4,11-12,14,23H2,1-2H3/t17-/m0/s1. The fourth-order valence-electron chi connectivity index (χ4n) is 3.81. The molecular weight excluding hydrogens is 366 g/mol. The van der Waals surface area contributed by atoms with Gasteiger partial charge in [0.25, 0.3) is 0 Å². The van der Waals surface area contributed by atoms with E-state index >= 15 is 0 Å². The van der Waals surface area contributed by atoms with Crippen LogP contribution >= 0.6 is 0 Å². The zero-order valence-corrected chi connectivity index (χ0v) is 16.9. The van der Waals surface area contributed by atoms with E-state index in [-0.39, 0.29) is 18.2 Å². The Kier molecular flexibility index (Phi) is 5.10. The number of hydrogen-bond donors (Lipinski definition) is 2. The fourth-order valence-corrected chi connectivity index (χ4v) is 3.81. The lowest BCUT2D eigenvalue weighted by atomic mass is 9.96. The van der Waals surface area contributed by atoms with Crippen molar-refractivity contribution in [3.8, 4) is 0 Å². The second-order valence-electron chi connectivity index (χ2n) is 8.29. The van der Waals surface area contributed by atoms with E-state index in [1.807, 2.05) is 16.6 Å². The summed E-state index contributed by atoms with van der Waals surface area (Å²) in [6, 6.07) is 11.0. The molecule has 0 aliphatic carbocycles. The van der Waals surface area contributed by atoms with Gasteiger partial charge in [-0.25, -0.2) is 4.98 Å². The molecule has 0 radical (unpaired) electrons. The summed E-state index contributed by atoms with van der Waals surface area (Å²) in [7, 11) is 0. The summed E-state index contributed by atoms with van der Waals surface area (Å²) in [5.74, 6) is 0.917. The van der Waals surface area contributed by atoms with Gasteiger partial charge in [-0.15, -0.1) is 0 Å². The highest BCUT2D eigenvalue weighted by molar-refractivity contribution is 5.97. The zero-order valence-electron chi connectivity index (χ0n) is 16.9. The number of piperidine rings is 1. The largest absolute Gasteiger partial charge is 0.386 e. The molecule has 152 valence electrons. The van der Waals surface area contributed by atoms with E-state index in [1.165, 1.54) is 0 Å². The Morgan fingerprint density at radius 3 is 2.72 bits per heavy atom. The van der Waals surface area contributed by atoms with Gasteiger partial charge in [-0.1, -0.05) is 24.3 Å². The molecule has 0 spiro atoms. The van der Waals surface area contributed by atoms with Crippen LogP contribution in [0.3, 0.4) is 0 Å². The van der Waals surface area contributed by atoms with E-state index in [0.717, 1.165) is 43.0 Å². The molecule has 0 amide bonds. The Bertz CT molecular complexity index is 1020. The van der Waals surface area contributed by atoms with Crippen molar-refractivity contribution in [3.05, 3.63) is 59.4 Å². The Hall–Kier alpha value is -2.77. The van der Waals surface area contributed by atoms with Crippen LogP contribution in [0.1, 0.15) is 48.3 Å². The van der Waals surface area contributed by atoms with Gasteiger partial charge in [-0.2, -0.15) is 9.61 Å². The highest BCUT2D eigenvalue weighted by Crippen LogP contribution is 2.23. The first-order valence-corrected chi connectivity index (χ1v) is 10.0.